The number of amides is 1. The zero-order valence-corrected chi connectivity index (χ0v) is 21.1. The van der Waals surface area contributed by atoms with Crippen molar-refractivity contribution in [2.24, 2.45) is 11.8 Å². The molecule has 0 bridgehead atoms. The number of halogens is 3. The lowest BCUT2D eigenvalue weighted by atomic mass is 10.0. The lowest BCUT2D eigenvalue weighted by Gasteiger charge is -2.18. The summed E-state index contributed by atoms with van der Waals surface area (Å²) in [5.74, 6) is 1.26. The molecule has 2 aliphatic rings. The van der Waals surface area contributed by atoms with Crippen molar-refractivity contribution >= 4 is 28.0 Å². The summed E-state index contributed by atoms with van der Waals surface area (Å²) >= 11 is 0. The molecule has 3 aromatic heterocycles. The number of hydrogen-bond acceptors (Lipinski definition) is 3. The van der Waals surface area contributed by atoms with Gasteiger partial charge in [0.25, 0.3) is 0 Å². The van der Waals surface area contributed by atoms with Crippen LogP contribution < -0.4 is 0 Å². The fraction of sp³-hybridized carbons (Fsp3) is 0.300. The molecule has 0 radical (unpaired) electrons. The van der Waals surface area contributed by atoms with Crippen molar-refractivity contribution < 1.29 is 18.0 Å². The van der Waals surface area contributed by atoms with E-state index in [1.807, 2.05) is 58.3 Å². The molecule has 1 amide bonds. The first-order chi connectivity index (χ1) is 18.8. The molecular weight excluding hydrogens is 503 g/mol. The topological polar surface area (TPSA) is 66.8 Å². The Bertz CT molecular complexity index is 1700. The number of H-pyrrole nitrogens is 1. The summed E-state index contributed by atoms with van der Waals surface area (Å²) in [4.78, 5) is 26.9. The van der Waals surface area contributed by atoms with Gasteiger partial charge in [0.05, 0.1) is 27.6 Å². The number of aromatic nitrogens is 4. The number of imidazole rings is 1. The van der Waals surface area contributed by atoms with Crippen molar-refractivity contribution in [1.29, 1.82) is 0 Å². The Morgan fingerprint density at radius 1 is 0.949 bits per heavy atom. The van der Waals surface area contributed by atoms with Crippen LogP contribution in [0.4, 0.5) is 13.2 Å². The highest BCUT2D eigenvalue weighted by Crippen LogP contribution is 2.36. The van der Waals surface area contributed by atoms with E-state index in [4.69, 9.17) is 4.98 Å². The molecule has 2 fully saturated rings. The molecule has 5 aromatic rings. The molecule has 1 saturated heterocycles. The van der Waals surface area contributed by atoms with Gasteiger partial charge in [0, 0.05) is 49.1 Å². The Morgan fingerprint density at radius 2 is 1.74 bits per heavy atom. The summed E-state index contributed by atoms with van der Waals surface area (Å²) in [6, 6.07) is 15.6. The normalized spacial score (nSPS) is 17.9. The zero-order valence-electron chi connectivity index (χ0n) is 21.1. The number of alkyl halides is 3. The summed E-state index contributed by atoms with van der Waals surface area (Å²) in [5.41, 5.74) is 4.87. The SMILES string of the molecule is O=C(C1CC1)N1CCC(Cn2c(-c3ccc(-c4cnc5cc[nH]c5c4)cc3)nc3cc(C(F)(F)F)ccc32)C1. The average molecular weight is 530 g/mol. The van der Waals surface area contributed by atoms with E-state index in [1.165, 1.54) is 6.07 Å². The minimum atomic E-state index is -4.44. The van der Waals surface area contributed by atoms with Gasteiger partial charge in [-0.3, -0.25) is 9.78 Å². The van der Waals surface area contributed by atoms with Crippen LogP contribution in [0.1, 0.15) is 24.8 Å². The van der Waals surface area contributed by atoms with E-state index in [0.717, 1.165) is 65.7 Å². The van der Waals surface area contributed by atoms with Crippen molar-refractivity contribution in [3.05, 3.63) is 72.6 Å². The molecule has 4 heterocycles. The Morgan fingerprint density at radius 3 is 2.51 bits per heavy atom. The number of nitrogens with one attached hydrogen (secondary N) is 1. The third kappa shape index (κ3) is 4.45. The van der Waals surface area contributed by atoms with Crippen molar-refractivity contribution in [3.63, 3.8) is 0 Å². The molecule has 7 rings (SSSR count). The third-order valence-electron chi connectivity index (χ3n) is 7.92. The van der Waals surface area contributed by atoms with Gasteiger partial charge >= 0.3 is 6.18 Å². The smallest absolute Gasteiger partial charge is 0.360 e. The number of rotatable bonds is 5. The average Bonchev–Trinajstić information content (AvgIpc) is 3.33. The van der Waals surface area contributed by atoms with Crippen LogP contribution in [0.3, 0.4) is 0 Å². The van der Waals surface area contributed by atoms with Gasteiger partial charge < -0.3 is 14.5 Å². The van der Waals surface area contributed by atoms with Gasteiger partial charge in [0.15, 0.2) is 0 Å². The minimum Gasteiger partial charge on any atom is -0.360 e. The number of hydrogen-bond donors (Lipinski definition) is 1. The lowest BCUT2D eigenvalue weighted by Crippen LogP contribution is -2.30. The van der Waals surface area contributed by atoms with E-state index in [1.54, 1.807) is 0 Å². The highest BCUT2D eigenvalue weighted by molar-refractivity contribution is 5.84. The van der Waals surface area contributed by atoms with Gasteiger partial charge in [0.2, 0.25) is 5.91 Å². The Kier molecular flexibility index (Phi) is 5.50. The maximum absolute atomic E-state index is 13.5. The first kappa shape index (κ1) is 23.9. The number of aromatic amines is 1. The molecule has 2 aromatic carbocycles. The van der Waals surface area contributed by atoms with Gasteiger partial charge in [-0.2, -0.15) is 13.2 Å². The number of carbonyl (C=O) groups is 1. The molecule has 0 spiro atoms. The molecular formula is C30H26F3N5O. The third-order valence-corrected chi connectivity index (χ3v) is 7.92. The van der Waals surface area contributed by atoms with Gasteiger partial charge in [0.1, 0.15) is 5.82 Å². The van der Waals surface area contributed by atoms with E-state index in [2.05, 4.69) is 9.97 Å². The second kappa shape index (κ2) is 8.97. The molecule has 1 unspecified atom stereocenters. The van der Waals surface area contributed by atoms with Crippen molar-refractivity contribution in [3.8, 4) is 22.5 Å². The number of likely N-dealkylation sites (tertiary alicyclic amines) is 1. The van der Waals surface area contributed by atoms with Crippen LogP contribution in [-0.2, 0) is 17.5 Å². The monoisotopic (exact) mass is 529 g/mol. The second-order valence-corrected chi connectivity index (χ2v) is 10.7. The molecule has 1 N–H and O–H groups in total. The van der Waals surface area contributed by atoms with Gasteiger partial charge in [-0.05, 0) is 61.1 Å². The number of benzene rings is 2. The van der Waals surface area contributed by atoms with Crippen molar-refractivity contribution in [2.75, 3.05) is 13.1 Å². The number of pyridine rings is 1. The van der Waals surface area contributed by atoms with Gasteiger partial charge in [-0.25, -0.2) is 4.98 Å². The maximum atomic E-state index is 13.5. The zero-order chi connectivity index (χ0) is 26.7. The highest BCUT2D eigenvalue weighted by atomic mass is 19.4. The largest absolute Gasteiger partial charge is 0.416 e. The highest BCUT2D eigenvalue weighted by Gasteiger charge is 2.37. The second-order valence-electron chi connectivity index (χ2n) is 10.7. The van der Waals surface area contributed by atoms with Crippen LogP contribution >= 0.6 is 0 Å². The number of fused-ring (bicyclic) bond motifs is 2. The molecule has 198 valence electrons. The summed E-state index contributed by atoms with van der Waals surface area (Å²) in [6.45, 7) is 1.98. The van der Waals surface area contributed by atoms with E-state index < -0.39 is 11.7 Å². The van der Waals surface area contributed by atoms with Crippen molar-refractivity contribution in [1.82, 2.24) is 24.4 Å². The summed E-state index contributed by atoms with van der Waals surface area (Å²) in [5, 5.41) is 0. The van der Waals surface area contributed by atoms with E-state index in [-0.39, 0.29) is 17.7 Å². The molecule has 1 aliphatic heterocycles. The lowest BCUT2D eigenvalue weighted by molar-refractivity contribution is -0.137. The standard InChI is InChI=1S/C30H26F3N5O/c31-30(32,33)23-7-8-27-26(14-23)36-28(38(27)17-18-10-12-37(16-18)29(39)21-5-6-21)20-3-1-19(2-4-20)22-13-25-24(35-15-22)9-11-34-25/h1-4,7-9,11,13-15,18,21,34H,5-6,10,12,16-17H2. The van der Waals surface area contributed by atoms with E-state index >= 15 is 0 Å². The van der Waals surface area contributed by atoms with Crippen LogP contribution in [0.25, 0.3) is 44.6 Å². The Labute approximate surface area is 222 Å². The van der Waals surface area contributed by atoms with Crippen LogP contribution in [-0.4, -0.2) is 43.4 Å². The molecule has 39 heavy (non-hydrogen) atoms. The summed E-state index contributed by atoms with van der Waals surface area (Å²) < 4.78 is 42.4. The maximum Gasteiger partial charge on any atom is 0.416 e. The first-order valence-electron chi connectivity index (χ1n) is 13.2. The van der Waals surface area contributed by atoms with Crippen LogP contribution in [0.5, 0.6) is 0 Å². The van der Waals surface area contributed by atoms with Crippen LogP contribution in [0.2, 0.25) is 0 Å². The van der Waals surface area contributed by atoms with E-state index in [9.17, 15) is 18.0 Å². The van der Waals surface area contributed by atoms with Crippen LogP contribution in [0, 0.1) is 11.8 Å². The molecule has 6 nitrogen and oxygen atoms in total. The molecule has 1 aliphatic carbocycles. The Balaban J connectivity index is 1.24. The predicted molar refractivity (Wildman–Crippen MR) is 143 cm³/mol. The number of nitrogens with zero attached hydrogens (tertiary/aromatic N) is 4. The van der Waals surface area contributed by atoms with Gasteiger partial charge in [-0.1, -0.05) is 24.3 Å². The minimum absolute atomic E-state index is 0.181. The fourth-order valence-corrected chi connectivity index (χ4v) is 5.64. The summed E-state index contributed by atoms with van der Waals surface area (Å²) in [6.07, 6.45) is 2.05. The molecule has 1 atom stereocenters. The first-order valence-corrected chi connectivity index (χ1v) is 13.2. The van der Waals surface area contributed by atoms with Crippen molar-refractivity contribution in [2.45, 2.75) is 32.0 Å². The van der Waals surface area contributed by atoms with E-state index in [0.29, 0.717) is 29.9 Å². The predicted octanol–water partition coefficient (Wildman–Crippen LogP) is 6.52. The number of carbonyl (C=O) groups excluding carboxylic acids is 1. The van der Waals surface area contributed by atoms with Crippen LogP contribution in [0.15, 0.2) is 67.0 Å². The Hall–Kier alpha value is -4.14. The van der Waals surface area contributed by atoms with Gasteiger partial charge in [-0.15, -0.1) is 0 Å². The fourth-order valence-electron chi connectivity index (χ4n) is 5.64. The molecule has 1 saturated carbocycles. The molecule has 9 heteroatoms. The quantitative estimate of drug-likeness (QED) is 0.282. The summed E-state index contributed by atoms with van der Waals surface area (Å²) in [7, 11) is 0.